The highest BCUT2D eigenvalue weighted by Gasteiger charge is 2.29. The molecule has 1 saturated heterocycles. The highest BCUT2D eigenvalue weighted by molar-refractivity contribution is 7.87. The monoisotopic (exact) mass is 320 g/mol. The topological polar surface area (TPSA) is 86.7 Å². The molecular formula is C14H28N2O4S. The lowest BCUT2D eigenvalue weighted by Crippen LogP contribution is -2.47. The Morgan fingerprint density at radius 2 is 1.71 bits per heavy atom. The molecule has 0 aromatic carbocycles. The molecule has 0 aromatic rings. The van der Waals surface area contributed by atoms with Gasteiger partial charge in [-0.05, 0) is 24.7 Å². The van der Waals surface area contributed by atoms with Gasteiger partial charge in [-0.3, -0.25) is 4.79 Å². The lowest BCUT2D eigenvalue weighted by atomic mass is 9.87. The van der Waals surface area contributed by atoms with Gasteiger partial charge in [0.15, 0.2) is 0 Å². The van der Waals surface area contributed by atoms with Crippen LogP contribution in [0.5, 0.6) is 0 Å². The highest BCUT2D eigenvalue weighted by atomic mass is 32.2. The van der Waals surface area contributed by atoms with E-state index in [1.165, 1.54) is 4.31 Å². The molecule has 0 saturated carbocycles. The highest BCUT2D eigenvalue weighted by Crippen LogP contribution is 2.23. The summed E-state index contributed by atoms with van der Waals surface area (Å²) in [5.41, 5.74) is -0.137. The average Bonchev–Trinajstić information content (AvgIpc) is 2.53. The molecule has 0 spiro atoms. The van der Waals surface area contributed by atoms with E-state index in [0.717, 1.165) is 25.7 Å². The number of rotatable bonds is 6. The van der Waals surface area contributed by atoms with Crippen molar-refractivity contribution in [1.82, 2.24) is 9.03 Å². The molecule has 7 heteroatoms. The number of nitrogens with zero attached hydrogens (tertiary/aromatic N) is 1. The summed E-state index contributed by atoms with van der Waals surface area (Å²) in [4.78, 5) is 11.0. The van der Waals surface area contributed by atoms with Gasteiger partial charge < -0.3 is 5.11 Å². The van der Waals surface area contributed by atoms with E-state index >= 15 is 0 Å². The molecule has 0 aromatic heterocycles. The van der Waals surface area contributed by atoms with Crippen LogP contribution in [0.3, 0.4) is 0 Å². The molecule has 124 valence electrons. The molecule has 0 aliphatic carbocycles. The Hall–Kier alpha value is -0.660. The van der Waals surface area contributed by atoms with Crippen molar-refractivity contribution in [2.75, 3.05) is 13.1 Å². The maximum atomic E-state index is 12.4. The second-order valence-corrected chi connectivity index (χ2v) is 8.70. The zero-order valence-electron chi connectivity index (χ0n) is 13.3. The van der Waals surface area contributed by atoms with E-state index in [-0.39, 0.29) is 11.8 Å². The summed E-state index contributed by atoms with van der Waals surface area (Å²) < 4.78 is 28.9. The Labute approximate surface area is 128 Å². The van der Waals surface area contributed by atoms with Gasteiger partial charge >= 0.3 is 5.97 Å². The summed E-state index contributed by atoms with van der Waals surface area (Å²) in [6.45, 7) is 6.96. The molecule has 1 heterocycles. The maximum absolute atomic E-state index is 12.4. The first-order valence-electron chi connectivity index (χ1n) is 7.59. The Morgan fingerprint density at radius 3 is 2.14 bits per heavy atom. The lowest BCUT2D eigenvalue weighted by Gasteiger charge is -2.28. The van der Waals surface area contributed by atoms with Crippen LogP contribution in [0, 0.1) is 5.41 Å². The Bertz CT molecular complexity index is 434. The van der Waals surface area contributed by atoms with Crippen LogP contribution in [0.2, 0.25) is 0 Å². The fraction of sp³-hybridized carbons (Fsp3) is 0.929. The minimum absolute atomic E-state index is 0.137. The number of carboxylic acids is 1. The van der Waals surface area contributed by atoms with Gasteiger partial charge in [-0.25, -0.2) is 0 Å². The van der Waals surface area contributed by atoms with E-state index in [2.05, 4.69) is 4.72 Å². The third-order valence-electron chi connectivity index (χ3n) is 3.50. The van der Waals surface area contributed by atoms with Crippen LogP contribution in [0.4, 0.5) is 0 Å². The van der Waals surface area contributed by atoms with E-state index in [1.807, 2.05) is 20.8 Å². The van der Waals surface area contributed by atoms with Crippen LogP contribution in [-0.4, -0.2) is 42.9 Å². The standard InChI is InChI=1S/C14H28N2O4S/c1-14(2,3)11-12(10-13(17)18)15-21(19,20)16-8-6-4-5-7-9-16/h12,15H,4-11H2,1-3H3,(H,17,18). The molecular weight excluding hydrogens is 292 g/mol. The zero-order chi connectivity index (χ0) is 16.1. The molecule has 21 heavy (non-hydrogen) atoms. The quantitative estimate of drug-likeness (QED) is 0.783. The zero-order valence-corrected chi connectivity index (χ0v) is 14.1. The lowest BCUT2D eigenvalue weighted by molar-refractivity contribution is -0.137. The average molecular weight is 320 g/mol. The van der Waals surface area contributed by atoms with Crippen LogP contribution in [0.15, 0.2) is 0 Å². The first kappa shape index (κ1) is 18.4. The number of carbonyl (C=O) groups is 1. The molecule has 1 fully saturated rings. The molecule has 0 amide bonds. The number of nitrogens with one attached hydrogen (secondary N) is 1. The van der Waals surface area contributed by atoms with Gasteiger partial charge in [0.2, 0.25) is 0 Å². The van der Waals surface area contributed by atoms with E-state index in [1.54, 1.807) is 0 Å². The largest absolute Gasteiger partial charge is 0.481 e. The summed E-state index contributed by atoms with van der Waals surface area (Å²) >= 11 is 0. The van der Waals surface area contributed by atoms with Gasteiger partial charge in [0, 0.05) is 19.1 Å². The number of hydrogen-bond donors (Lipinski definition) is 2. The molecule has 0 bridgehead atoms. The third-order valence-corrected chi connectivity index (χ3v) is 5.18. The molecule has 1 rings (SSSR count). The number of aliphatic carboxylic acids is 1. The maximum Gasteiger partial charge on any atom is 0.304 e. The summed E-state index contributed by atoms with van der Waals surface area (Å²) in [5.74, 6) is -0.984. The Kier molecular flexibility index (Phi) is 6.62. The first-order valence-corrected chi connectivity index (χ1v) is 9.03. The van der Waals surface area contributed by atoms with Crippen molar-refractivity contribution in [1.29, 1.82) is 0 Å². The third kappa shape index (κ3) is 7.24. The fourth-order valence-corrected chi connectivity index (χ4v) is 4.15. The van der Waals surface area contributed by atoms with Gasteiger partial charge in [-0.2, -0.15) is 17.4 Å². The van der Waals surface area contributed by atoms with Crippen molar-refractivity contribution in [3.63, 3.8) is 0 Å². The summed E-state index contributed by atoms with van der Waals surface area (Å²) in [5, 5.41) is 8.98. The predicted octanol–water partition coefficient (Wildman–Crippen LogP) is 1.98. The van der Waals surface area contributed by atoms with Gasteiger partial charge in [0.1, 0.15) is 0 Å². The first-order chi connectivity index (χ1) is 9.60. The molecule has 0 radical (unpaired) electrons. The second-order valence-electron chi connectivity index (χ2n) is 7.00. The number of hydrogen-bond acceptors (Lipinski definition) is 3. The van der Waals surface area contributed by atoms with Crippen molar-refractivity contribution in [2.45, 2.75) is 65.3 Å². The van der Waals surface area contributed by atoms with Crippen LogP contribution in [0.25, 0.3) is 0 Å². The van der Waals surface area contributed by atoms with Crippen molar-refractivity contribution >= 4 is 16.2 Å². The van der Waals surface area contributed by atoms with Crippen LogP contribution in [0.1, 0.15) is 59.3 Å². The molecule has 1 atom stereocenters. The molecule has 1 aliphatic heterocycles. The van der Waals surface area contributed by atoms with Crippen molar-refractivity contribution in [2.24, 2.45) is 5.41 Å². The van der Waals surface area contributed by atoms with Gasteiger partial charge in [0.25, 0.3) is 10.2 Å². The number of carboxylic acid groups (broad SMARTS) is 1. The Balaban J connectivity index is 2.76. The fourth-order valence-electron chi connectivity index (χ4n) is 2.67. The van der Waals surface area contributed by atoms with Gasteiger partial charge in [-0.15, -0.1) is 0 Å². The van der Waals surface area contributed by atoms with Crippen molar-refractivity contribution in [3.8, 4) is 0 Å². The Morgan fingerprint density at radius 1 is 1.19 bits per heavy atom. The minimum atomic E-state index is -3.60. The molecule has 2 N–H and O–H groups in total. The van der Waals surface area contributed by atoms with Gasteiger partial charge in [0.05, 0.1) is 6.42 Å². The predicted molar refractivity (Wildman–Crippen MR) is 82.2 cm³/mol. The van der Waals surface area contributed by atoms with Crippen LogP contribution < -0.4 is 4.72 Å². The summed E-state index contributed by atoms with van der Waals surface area (Å²) in [6, 6.07) is -0.573. The van der Waals surface area contributed by atoms with Crippen molar-refractivity contribution in [3.05, 3.63) is 0 Å². The van der Waals surface area contributed by atoms with Gasteiger partial charge in [-0.1, -0.05) is 33.6 Å². The SMILES string of the molecule is CC(C)(C)CC(CC(=O)O)NS(=O)(=O)N1CCCCCC1. The van der Waals surface area contributed by atoms with E-state index in [4.69, 9.17) is 5.11 Å². The summed E-state index contributed by atoms with van der Waals surface area (Å²) in [7, 11) is -3.60. The summed E-state index contributed by atoms with van der Waals surface area (Å²) in [6.07, 6.45) is 4.13. The molecule has 1 unspecified atom stereocenters. The van der Waals surface area contributed by atoms with Crippen LogP contribution in [-0.2, 0) is 15.0 Å². The minimum Gasteiger partial charge on any atom is -0.481 e. The smallest absolute Gasteiger partial charge is 0.304 e. The normalized spacial score (nSPS) is 20.0. The van der Waals surface area contributed by atoms with E-state index < -0.39 is 22.2 Å². The molecule has 1 aliphatic rings. The van der Waals surface area contributed by atoms with E-state index in [9.17, 15) is 13.2 Å². The van der Waals surface area contributed by atoms with Crippen LogP contribution >= 0.6 is 0 Å². The van der Waals surface area contributed by atoms with Crippen molar-refractivity contribution < 1.29 is 18.3 Å². The van der Waals surface area contributed by atoms with E-state index in [0.29, 0.717) is 19.5 Å². The molecule has 6 nitrogen and oxygen atoms in total. The second kappa shape index (κ2) is 7.56.